The third kappa shape index (κ3) is 4.22. The summed E-state index contributed by atoms with van der Waals surface area (Å²) in [6.07, 6.45) is 2.71. The standard InChI is InChI=1S/C14H19N5OS/c1-4-10(2)8-19(3)12-6-5-11(7-15-12)13(20)17-14-18-16-9-21-14/h5-7,9-10H,4,8H2,1-3H3,(H,17,18,20). The highest BCUT2D eigenvalue weighted by Crippen LogP contribution is 2.14. The number of hydrogen-bond acceptors (Lipinski definition) is 6. The largest absolute Gasteiger partial charge is 0.359 e. The second-order valence-electron chi connectivity index (χ2n) is 5.00. The fourth-order valence-electron chi connectivity index (χ4n) is 1.83. The van der Waals surface area contributed by atoms with E-state index in [1.807, 2.05) is 13.1 Å². The number of nitrogens with one attached hydrogen (secondary N) is 1. The molecule has 0 saturated carbocycles. The van der Waals surface area contributed by atoms with Crippen molar-refractivity contribution < 1.29 is 4.79 Å². The van der Waals surface area contributed by atoms with Crippen LogP contribution in [-0.2, 0) is 0 Å². The monoisotopic (exact) mass is 305 g/mol. The second-order valence-corrected chi connectivity index (χ2v) is 5.83. The first-order valence-electron chi connectivity index (χ1n) is 6.84. The Hall–Kier alpha value is -2.02. The van der Waals surface area contributed by atoms with Crippen molar-refractivity contribution in [3.05, 3.63) is 29.4 Å². The molecule has 0 radical (unpaired) electrons. The van der Waals surface area contributed by atoms with E-state index in [1.54, 1.807) is 17.8 Å². The van der Waals surface area contributed by atoms with Crippen LogP contribution in [0.2, 0.25) is 0 Å². The van der Waals surface area contributed by atoms with Crippen LogP contribution in [0.15, 0.2) is 23.8 Å². The Balaban J connectivity index is 1.99. The molecule has 21 heavy (non-hydrogen) atoms. The first kappa shape index (κ1) is 15.4. The molecule has 2 heterocycles. The summed E-state index contributed by atoms with van der Waals surface area (Å²) in [6.45, 7) is 5.33. The van der Waals surface area contributed by atoms with Gasteiger partial charge in [0.15, 0.2) is 0 Å². The van der Waals surface area contributed by atoms with Gasteiger partial charge >= 0.3 is 0 Å². The Bertz CT molecular complexity index is 570. The van der Waals surface area contributed by atoms with Crippen LogP contribution < -0.4 is 10.2 Å². The third-order valence-corrected chi connectivity index (χ3v) is 3.87. The number of rotatable bonds is 6. The molecular formula is C14H19N5OS. The predicted molar refractivity (Wildman–Crippen MR) is 84.8 cm³/mol. The van der Waals surface area contributed by atoms with E-state index in [0.29, 0.717) is 16.6 Å². The SMILES string of the molecule is CCC(C)CN(C)c1ccc(C(=O)Nc2nncs2)cn1. The smallest absolute Gasteiger partial charge is 0.259 e. The van der Waals surface area contributed by atoms with Gasteiger partial charge in [0.2, 0.25) is 5.13 Å². The first-order chi connectivity index (χ1) is 10.1. The fraction of sp³-hybridized carbons (Fsp3) is 0.429. The van der Waals surface area contributed by atoms with Crippen LogP contribution in [-0.4, -0.2) is 34.7 Å². The normalized spacial score (nSPS) is 12.0. The molecule has 2 rings (SSSR count). The van der Waals surface area contributed by atoms with Crippen molar-refractivity contribution in [3.63, 3.8) is 0 Å². The maximum absolute atomic E-state index is 12.0. The van der Waals surface area contributed by atoms with E-state index in [4.69, 9.17) is 0 Å². The Morgan fingerprint density at radius 2 is 2.29 bits per heavy atom. The number of carbonyl (C=O) groups is 1. The quantitative estimate of drug-likeness (QED) is 0.888. The molecule has 0 bridgehead atoms. The summed E-state index contributed by atoms with van der Waals surface area (Å²) in [7, 11) is 2.01. The zero-order chi connectivity index (χ0) is 15.2. The molecule has 2 aromatic rings. The minimum atomic E-state index is -0.227. The van der Waals surface area contributed by atoms with Gasteiger partial charge in [0.1, 0.15) is 11.3 Å². The highest BCUT2D eigenvalue weighted by molar-refractivity contribution is 7.13. The van der Waals surface area contributed by atoms with Crippen LogP contribution >= 0.6 is 11.3 Å². The van der Waals surface area contributed by atoms with Crippen molar-refractivity contribution in [2.24, 2.45) is 5.92 Å². The Morgan fingerprint density at radius 3 is 2.86 bits per heavy atom. The van der Waals surface area contributed by atoms with Crippen molar-refractivity contribution in [2.75, 3.05) is 23.8 Å². The topological polar surface area (TPSA) is 71.0 Å². The summed E-state index contributed by atoms with van der Waals surface area (Å²) >= 11 is 1.28. The van der Waals surface area contributed by atoms with Crippen molar-refractivity contribution in [2.45, 2.75) is 20.3 Å². The van der Waals surface area contributed by atoms with Gasteiger partial charge in [-0.1, -0.05) is 31.6 Å². The van der Waals surface area contributed by atoms with Gasteiger partial charge in [0.05, 0.1) is 5.56 Å². The van der Waals surface area contributed by atoms with Gasteiger partial charge in [0.25, 0.3) is 5.91 Å². The highest BCUT2D eigenvalue weighted by Gasteiger charge is 2.11. The molecule has 6 nitrogen and oxygen atoms in total. The molecule has 0 aliphatic carbocycles. The molecule has 0 spiro atoms. The molecule has 0 fully saturated rings. The van der Waals surface area contributed by atoms with Gasteiger partial charge < -0.3 is 4.90 Å². The zero-order valence-electron chi connectivity index (χ0n) is 12.4. The molecule has 1 N–H and O–H groups in total. The number of aromatic nitrogens is 3. The lowest BCUT2D eigenvalue weighted by Gasteiger charge is -2.21. The molecule has 7 heteroatoms. The minimum absolute atomic E-state index is 0.227. The first-order valence-corrected chi connectivity index (χ1v) is 7.72. The third-order valence-electron chi connectivity index (χ3n) is 3.26. The van der Waals surface area contributed by atoms with E-state index < -0.39 is 0 Å². The number of pyridine rings is 1. The summed E-state index contributed by atoms with van der Waals surface area (Å²) in [5.41, 5.74) is 2.08. The lowest BCUT2D eigenvalue weighted by atomic mass is 10.1. The van der Waals surface area contributed by atoms with Crippen LogP contribution in [0.5, 0.6) is 0 Å². The van der Waals surface area contributed by atoms with Gasteiger partial charge in [-0.25, -0.2) is 4.98 Å². The van der Waals surface area contributed by atoms with Crippen molar-refractivity contribution in [1.29, 1.82) is 0 Å². The van der Waals surface area contributed by atoms with Crippen molar-refractivity contribution >= 4 is 28.2 Å². The molecule has 0 aliphatic rings. The van der Waals surface area contributed by atoms with E-state index >= 15 is 0 Å². The van der Waals surface area contributed by atoms with Gasteiger partial charge in [-0.15, -0.1) is 10.2 Å². The van der Waals surface area contributed by atoms with Crippen LogP contribution in [0.3, 0.4) is 0 Å². The molecule has 0 aliphatic heterocycles. The van der Waals surface area contributed by atoms with E-state index in [9.17, 15) is 4.79 Å². The van der Waals surface area contributed by atoms with Crippen LogP contribution in [0, 0.1) is 5.92 Å². The van der Waals surface area contributed by atoms with Crippen molar-refractivity contribution in [1.82, 2.24) is 15.2 Å². The van der Waals surface area contributed by atoms with Gasteiger partial charge in [-0.3, -0.25) is 10.1 Å². The van der Waals surface area contributed by atoms with E-state index in [0.717, 1.165) is 18.8 Å². The average molecular weight is 305 g/mol. The number of amides is 1. The van der Waals surface area contributed by atoms with Crippen LogP contribution in [0.25, 0.3) is 0 Å². The Labute approximate surface area is 128 Å². The summed E-state index contributed by atoms with van der Waals surface area (Å²) in [5.74, 6) is 1.25. The molecule has 1 unspecified atom stereocenters. The maximum Gasteiger partial charge on any atom is 0.259 e. The number of hydrogen-bond donors (Lipinski definition) is 1. The average Bonchev–Trinajstić information content (AvgIpc) is 3.00. The zero-order valence-corrected chi connectivity index (χ0v) is 13.2. The molecule has 2 aromatic heterocycles. The summed E-state index contributed by atoms with van der Waals surface area (Å²) in [6, 6.07) is 3.63. The van der Waals surface area contributed by atoms with Gasteiger partial charge in [-0.2, -0.15) is 0 Å². The molecule has 112 valence electrons. The fourth-order valence-corrected chi connectivity index (χ4v) is 2.27. The predicted octanol–water partition coefficient (Wildman–Crippen LogP) is 2.67. The Kier molecular flexibility index (Phi) is 5.21. The van der Waals surface area contributed by atoms with Crippen LogP contribution in [0.4, 0.5) is 10.9 Å². The van der Waals surface area contributed by atoms with Crippen molar-refractivity contribution in [3.8, 4) is 0 Å². The number of carbonyl (C=O) groups excluding carboxylic acids is 1. The molecule has 0 aromatic carbocycles. The lowest BCUT2D eigenvalue weighted by Crippen LogP contribution is -2.24. The number of anilines is 2. The maximum atomic E-state index is 12.0. The van der Waals surface area contributed by atoms with Crippen LogP contribution in [0.1, 0.15) is 30.6 Å². The molecule has 1 amide bonds. The van der Waals surface area contributed by atoms with E-state index in [2.05, 4.69) is 39.2 Å². The minimum Gasteiger partial charge on any atom is -0.359 e. The Morgan fingerprint density at radius 1 is 1.48 bits per heavy atom. The number of nitrogens with zero attached hydrogens (tertiary/aromatic N) is 4. The molecule has 0 saturated heterocycles. The molecule has 1 atom stereocenters. The highest BCUT2D eigenvalue weighted by atomic mass is 32.1. The summed E-state index contributed by atoms with van der Waals surface area (Å²) in [5, 5.41) is 10.6. The summed E-state index contributed by atoms with van der Waals surface area (Å²) < 4.78 is 0. The van der Waals surface area contributed by atoms with Gasteiger partial charge in [-0.05, 0) is 18.1 Å². The van der Waals surface area contributed by atoms with Gasteiger partial charge in [0, 0.05) is 19.8 Å². The second kappa shape index (κ2) is 7.12. The molecular weight excluding hydrogens is 286 g/mol. The summed E-state index contributed by atoms with van der Waals surface area (Å²) in [4.78, 5) is 18.4. The lowest BCUT2D eigenvalue weighted by molar-refractivity contribution is 0.102. The van der Waals surface area contributed by atoms with E-state index in [-0.39, 0.29) is 5.91 Å². The van der Waals surface area contributed by atoms with E-state index in [1.165, 1.54) is 11.3 Å².